The number of para-hydroxylation sites is 2. The number of carbonyl (C=O) groups excluding carboxylic acids is 2. The first kappa shape index (κ1) is 29.2. The van der Waals surface area contributed by atoms with Crippen LogP contribution in [0.15, 0.2) is 60.7 Å². The number of anilines is 2. The molecule has 0 N–H and O–H groups in total. The van der Waals surface area contributed by atoms with Gasteiger partial charge in [-0.1, -0.05) is 36.4 Å². The SMILES string of the molecule is CC(C)(C)N(CC(=O)N(c1ccccc1)[C@@H]1CCS(=O)(=O)C1)CC(=O)N(c1ccccc1)[C@H]1CCS(=O)(=O)C1. The van der Waals surface area contributed by atoms with Gasteiger partial charge in [-0.15, -0.1) is 0 Å². The van der Waals surface area contributed by atoms with Gasteiger partial charge in [-0.2, -0.15) is 0 Å². The lowest BCUT2D eigenvalue weighted by atomic mass is 10.0. The summed E-state index contributed by atoms with van der Waals surface area (Å²) in [4.78, 5) is 32.6. The third-order valence-corrected chi connectivity index (χ3v) is 10.9. The number of amides is 2. The molecule has 39 heavy (non-hydrogen) atoms. The van der Waals surface area contributed by atoms with Crippen LogP contribution in [0.2, 0.25) is 0 Å². The van der Waals surface area contributed by atoms with E-state index in [-0.39, 0.29) is 47.9 Å². The number of nitrogens with zero attached hydrogens (tertiary/aromatic N) is 3. The molecule has 2 fully saturated rings. The van der Waals surface area contributed by atoms with Crippen LogP contribution in [0.4, 0.5) is 11.4 Å². The van der Waals surface area contributed by atoms with Gasteiger partial charge in [-0.25, -0.2) is 16.8 Å². The van der Waals surface area contributed by atoms with Crippen molar-refractivity contribution in [1.82, 2.24) is 4.90 Å². The van der Waals surface area contributed by atoms with E-state index in [0.29, 0.717) is 24.2 Å². The fraction of sp³-hybridized carbons (Fsp3) is 0.500. The van der Waals surface area contributed by atoms with E-state index in [1.807, 2.05) is 32.9 Å². The van der Waals surface area contributed by atoms with Crippen LogP contribution in [0, 0.1) is 0 Å². The molecule has 2 aromatic carbocycles. The van der Waals surface area contributed by atoms with Crippen molar-refractivity contribution in [3.63, 3.8) is 0 Å². The van der Waals surface area contributed by atoms with Gasteiger partial charge in [0, 0.05) is 16.9 Å². The molecule has 0 radical (unpaired) electrons. The van der Waals surface area contributed by atoms with Gasteiger partial charge in [0.25, 0.3) is 0 Å². The third kappa shape index (κ3) is 7.26. The molecule has 2 atom stereocenters. The zero-order chi connectivity index (χ0) is 28.4. The van der Waals surface area contributed by atoms with Crippen molar-refractivity contribution in [2.75, 3.05) is 45.9 Å². The second-order valence-electron chi connectivity index (χ2n) is 11.3. The van der Waals surface area contributed by atoms with E-state index in [9.17, 15) is 26.4 Å². The molecule has 0 spiro atoms. The van der Waals surface area contributed by atoms with Crippen molar-refractivity contribution in [2.24, 2.45) is 0 Å². The molecule has 2 saturated heterocycles. The summed E-state index contributed by atoms with van der Waals surface area (Å²) in [7, 11) is -6.47. The van der Waals surface area contributed by atoms with E-state index in [4.69, 9.17) is 0 Å². The van der Waals surface area contributed by atoms with Crippen LogP contribution in [0.3, 0.4) is 0 Å². The Labute approximate surface area is 231 Å². The molecule has 11 heteroatoms. The standard InChI is InChI=1S/C28H37N3O6S2/c1-28(2,3)29(18-26(32)30(22-10-6-4-7-11-22)24-14-16-38(34,35)20-24)19-27(33)31(23-12-8-5-9-13-23)25-15-17-39(36,37)21-25/h4-13,24-25H,14-21H2,1-3H3/t24-,25+. The van der Waals surface area contributed by atoms with E-state index in [2.05, 4.69) is 0 Å². The van der Waals surface area contributed by atoms with Gasteiger partial charge in [-0.3, -0.25) is 14.5 Å². The zero-order valence-electron chi connectivity index (χ0n) is 22.7. The monoisotopic (exact) mass is 575 g/mol. The fourth-order valence-corrected chi connectivity index (χ4v) is 8.66. The summed E-state index contributed by atoms with van der Waals surface area (Å²) in [6.07, 6.45) is 0.713. The smallest absolute Gasteiger partial charge is 0.241 e. The Morgan fingerprint density at radius 3 is 1.33 bits per heavy atom. The summed E-state index contributed by atoms with van der Waals surface area (Å²) >= 11 is 0. The van der Waals surface area contributed by atoms with Crippen molar-refractivity contribution in [1.29, 1.82) is 0 Å². The minimum absolute atomic E-state index is 0.0338. The molecule has 212 valence electrons. The van der Waals surface area contributed by atoms with Gasteiger partial charge < -0.3 is 9.80 Å². The maximum Gasteiger partial charge on any atom is 0.241 e. The Morgan fingerprint density at radius 1 is 0.692 bits per heavy atom. The van der Waals surface area contributed by atoms with Gasteiger partial charge in [0.15, 0.2) is 19.7 Å². The lowest BCUT2D eigenvalue weighted by Gasteiger charge is -2.39. The second-order valence-corrected chi connectivity index (χ2v) is 15.8. The fourth-order valence-electron chi connectivity index (χ4n) is 5.26. The number of hydrogen-bond donors (Lipinski definition) is 0. The number of sulfone groups is 2. The molecule has 9 nitrogen and oxygen atoms in total. The Hall–Kier alpha value is -2.76. The first-order valence-electron chi connectivity index (χ1n) is 13.2. The summed E-state index contributed by atoms with van der Waals surface area (Å²) < 4.78 is 49.1. The van der Waals surface area contributed by atoms with Crippen LogP contribution >= 0.6 is 0 Å². The van der Waals surface area contributed by atoms with E-state index in [1.54, 1.807) is 63.2 Å². The highest BCUT2D eigenvalue weighted by Gasteiger charge is 2.39. The average Bonchev–Trinajstić information content (AvgIpc) is 3.40. The molecular formula is C28H37N3O6S2. The molecule has 2 heterocycles. The van der Waals surface area contributed by atoms with Gasteiger partial charge >= 0.3 is 0 Å². The zero-order valence-corrected chi connectivity index (χ0v) is 24.3. The summed E-state index contributed by atoms with van der Waals surface area (Å²) in [6, 6.07) is 17.1. The Morgan fingerprint density at radius 2 is 1.05 bits per heavy atom. The maximum absolute atomic E-state index is 13.8. The number of rotatable bonds is 8. The van der Waals surface area contributed by atoms with Crippen LogP contribution < -0.4 is 9.80 Å². The van der Waals surface area contributed by atoms with Crippen LogP contribution in [0.25, 0.3) is 0 Å². The molecule has 0 aromatic heterocycles. The van der Waals surface area contributed by atoms with Gasteiger partial charge in [-0.05, 0) is 57.9 Å². The molecule has 0 saturated carbocycles. The lowest BCUT2D eigenvalue weighted by Crippen LogP contribution is -2.55. The lowest BCUT2D eigenvalue weighted by molar-refractivity contribution is -0.125. The molecule has 0 unspecified atom stereocenters. The summed E-state index contributed by atoms with van der Waals surface area (Å²) in [5.74, 6) is -0.709. The highest BCUT2D eigenvalue weighted by atomic mass is 32.2. The average molecular weight is 576 g/mol. The molecule has 2 amide bonds. The van der Waals surface area contributed by atoms with E-state index >= 15 is 0 Å². The predicted octanol–water partition coefficient (Wildman–Crippen LogP) is 2.53. The van der Waals surface area contributed by atoms with Crippen molar-refractivity contribution >= 4 is 42.9 Å². The highest BCUT2D eigenvalue weighted by Crippen LogP contribution is 2.28. The minimum atomic E-state index is -3.24. The van der Waals surface area contributed by atoms with E-state index < -0.39 is 37.3 Å². The molecule has 0 bridgehead atoms. The number of hydrogen-bond acceptors (Lipinski definition) is 7. The van der Waals surface area contributed by atoms with Crippen molar-refractivity contribution < 1.29 is 26.4 Å². The maximum atomic E-state index is 13.8. The third-order valence-electron chi connectivity index (χ3n) is 7.35. The van der Waals surface area contributed by atoms with E-state index in [0.717, 1.165) is 0 Å². The van der Waals surface area contributed by atoms with Crippen LogP contribution in [-0.2, 0) is 29.3 Å². The van der Waals surface area contributed by atoms with Crippen molar-refractivity contribution in [3.05, 3.63) is 60.7 Å². The molecule has 2 aliphatic heterocycles. The van der Waals surface area contributed by atoms with Crippen molar-refractivity contribution in [2.45, 2.75) is 51.2 Å². The van der Waals surface area contributed by atoms with Crippen LogP contribution in [0.5, 0.6) is 0 Å². The van der Waals surface area contributed by atoms with Crippen LogP contribution in [0.1, 0.15) is 33.6 Å². The summed E-state index contributed by atoms with van der Waals surface area (Å²) in [5, 5.41) is 0. The normalized spacial score (nSPS) is 22.1. The molecule has 0 aliphatic carbocycles. The molecule has 2 aliphatic rings. The van der Waals surface area contributed by atoms with Gasteiger partial charge in [0.1, 0.15) is 0 Å². The number of carbonyl (C=O) groups is 2. The summed E-state index contributed by atoms with van der Waals surface area (Å²) in [6.45, 7) is 5.52. The van der Waals surface area contributed by atoms with Gasteiger partial charge in [0.2, 0.25) is 11.8 Å². The second kappa shape index (κ2) is 11.4. The predicted molar refractivity (Wildman–Crippen MR) is 153 cm³/mol. The largest absolute Gasteiger partial charge is 0.307 e. The minimum Gasteiger partial charge on any atom is -0.307 e. The Kier molecular flexibility index (Phi) is 8.53. The number of benzene rings is 2. The van der Waals surface area contributed by atoms with Crippen LogP contribution in [-0.4, -0.2) is 87.3 Å². The first-order valence-corrected chi connectivity index (χ1v) is 16.8. The molecule has 2 aromatic rings. The summed E-state index contributed by atoms with van der Waals surface area (Å²) in [5.41, 5.74) is 0.651. The molecular weight excluding hydrogens is 538 g/mol. The van der Waals surface area contributed by atoms with Gasteiger partial charge in [0.05, 0.1) is 48.2 Å². The first-order chi connectivity index (χ1) is 18.3. The van der Waals surface area contributed by atoms with E-state index in [1.165, 1.54) is 0 Å². The Balaban J connectivity index is 1.60. The Bertz CT molecular complexity index is 1290. The quantitative estimate of drug-likeness (QED) is 0.476. The molecule has 4 rings (SSSR count). The van der Waals surface area contributed by atoms with Crippen molar-refractivity contribution in [3.8, 4) is 0 Å². The topological polar surface area (TPSA) is 112 Å². The highest BCUT2D eigenvalue weighted by molar-refractivity contribution is 7.92.